The average molecular weight is 285 g/mol. The third kappa shape index (κ3) is 6.86. The van der Waals surface area contributed by atoms with E-state index in [0.29, 0.717) is 25.5 Å². The Labute approximate surface area is 121 Å². The summed E-state index contributed by atoms with van der Waals surface area (Å²) < 4.78 is 4.85. The van der Waals surface area contributed by atoms with Crippen LogP contribution in [0.25, 0.3) is 0 Å². The van der Waals surface area contributed by atoms with Crippen LogP contribution < -0.4 is 10.6 Å². The molecule has 6 nitrogen and oxygen atoms in total. The fourth-order valence-corrected chi connectivity index (χ4v) is 2.34. The van der Waals surface area contributed by atoms with Crippen LogP contribution in [-0.2, 0) is 14.3 Å². The van der Waals surface area contributed by atoms with Gasteiger partial charge in [0.1, 0.15) is 0 Å². The fourth-order valence-electron chi connectivity index (χ4n) is 2.34. The zero-order valence-corrected chi connectivity index (χ0v) is 12.6. The van der Waals surface area contributed by atoms with E-state index in [4.69, 9.17) is 4.74 Å². The molecule has 20 heavy (non-hydrogen) atoms. The molecule has 0 aromatic heterocycles. The van der Waals surface area contributed by atoms with Gasteiger partial charge in [-0.05, 0) is 38.3 Å². The monoisotopic (exact) mass is 285 g/mol. The molecule has 1 saturated heterocycles. The Morgan fingerprint density at radius 2 is 2.25 bits per heavy atom. The number of hydrogen-bond acceptors (Lipinski definition) is 4. The first-order chi connectivity index (χ1) is 9.63. The van der Waals surface area contributed by atoms with Crippen LogP contribution in [0.3, 0.4) is 0 Å². The summed E-state index contributed by atoms with van der Waals surface area (Å²) in [5.74, 6) is 0.492. The third-order valence-corrected chi connectivity index (χ3v) is 3.60. The van der Waals surface area contributed by atoms with Crippen molar-refractivity contribution < 1.29 is 14.3 Å². The molecule has 0 spiro atoms. The van der Waals surface area contributed by atoms with Crippen molar-refractivity contribution in [2.75, 3.05) is 46.9 Å². The molecule has 1 unspecified atom stereocenters. The van der Waals surface area contributed by atoms with Crippen molar-refractivity contribution in [2.45, 2.75) is 25.7 Å². The van der Waals surface area contributed by atoms with E-state index in [1.54, 1.807) is 14.2 Å². The van der Waals surface area contributed by atoms with Crippen molar-refractivity contribution >= 4 is 11.8 Å². The number of methoxy groups -OCH3 is 1. The highest BCUT2D eigenvalue weighted by molar-refractivity contribution is 5.84. The minimum Gasteiger partial charge on any atom is -0.383 e. The number of hydrogen-bond donors (Lipinski definition) is 2. The maximum absolute atomic E-state index is 12.0. The van der Waals surface area contributed by atoms with Gasteiger partial charge in [0.15, 0.2) is 0 Å². The lowest BCUT2D eigenvalue weighted by molar-refractivity contribution is -0.135. The van der Waals surface area contributed by atoms with E-state index in [0.717, 1.165) is 19.5 Å². The summed E-state index contributed by atoms with van der Waals surface area (Å²) in [6.45, 7) is 3.18. The molecule has 1 fully saturated rings. The van der Waals surface area contributed by atoms with Gasteiger partial charge in [-0.3, -0.25) is 9.59 Å². The van der Waals surface area contributed by atoms with Crippen LogP contribution in [0.1, 0.15) is 25.7 Å². The van der Waals surface area contributed by atoms with Crippen molar-refractivity contribution in [3.05, 3.63) is 0 Å². The van der Waals surface area contributed by atoms with E-state index in [2.05, 4.69) is 10.6 Å². The minimum atomic E-state index is -0.141. The number of ether oxygens (including phenoxy) is 1. The average Bonchev–Trinajstić information content (AvgIpc) is 2.46. The quantitative estimate of drug-likeness (QED) is 0.615. The van der Waals surface area contributed by atoms with Gasteiger partial charge in [0.2, 0.25) is 11.8 Å². The Kier molecular flexibility index (Phi) is 8.22. The molecule has 1 heterocycles. The molecule has 6 heteroatoms. The van der Waals surface area contributed by atoms with Crippen LogP contribution in [-0.4, -0.2) is 63.7 Å². The second kappa shape index (κ2) is 9.72. The maximum Gasteiger partial charge on any atom is 0.239 e. The minimum absolute atomic E-state index is 0.0393. The van der Waals surface area contributed by atoms with Crippen molar-refractivity contribution in [1.82, 2.24) is 15.5 Å². The first kappa shape index (κ1) is 16.9. The summed E-state index contributed by atoms with van der Waals surface area (Å²) in [6.07, 6.45) is 3.81. The van der Waals surface area contributed by atoms with Crippen LogP contribution in [0.15, 0.2) is 0 Å². The molecule has 1 atom stereocenters. The lowest BCUT2D eigenvalue weighted by atomic mass is 9.94. The number of amides is 2. The van der Waals surface area contributed by atoms with Crippen molar-refractivity contribution in [1.29, 1.82) is 0 Å². The van der Waals surface area contributed by atoms with Gasteiger partial charge in [-0.25, -0.2) is 0 Å². The van der Waals surface area contributed by atoms with E-state index in [9.17, 15) is 9.59 Å². The predicted octanol–water partition coefficient (Wildman–Crippen LogP) is -0.0128. The third-order valence-electron chi connectivity index (χ3n) is 3.60. The highest BCUT2D eigenvalue weighted by atomic mass is 16.5. The molecule has 1 rings (SSSR count). The van der Waals surface area contributed by atoms with Gasteiger partial charge in [-0.1, -0.05) is 0 Å². The van der Waals surface area contributed by atoms with Crippen LogP contribution in [0.5, 0.6) is 0 Å². The van der Waals surface area contributed by atoms with Gasteiger partial charge in [0.05, 0.1) is 13.2 Å². The lowest BCUT2D eigenvalue weighted by Crippen LogP contribution is -2.39. The van der Waals surface area contributed by atoms with Crippen LogP contribution >= 0.6 is 0 Å². The Balaban J connectivity index is 2.15. The van der Waals surface area contributed by atoms with Gasteiger partial charge in [-0.2, -0.15) is 0 Å². The summed E-state index contributed by atoms with van der Waals surface area (Å²) in [7, 11) is 3.26. The fraction of sp³-hybridized carbons (Fsp3) is 0.857. The highest BCUT2D eigenvalue weighted by Gasteiger charge is 2.17. The van der Waals surface area contributed by atoms with Crippen LogP contribution in [0.4, 0.5) is 0 Å². The number of rotatable bonds is 8. The predicted molar refractivity (Wildman–Crippen MR) is 77.4 cm³/mol. The zero-order valence-electron chi connectivity index (χ0n) is 12.6. The Hall–Kier alpha value is -1.14. The number of nitrogens with zero attached hydrogens (tertiary/aromatic N) is 1. The SMILES string of the molecule is COCCNC(=O)CN(C)C(=O)CCC1CCCNC1. The molecule has 0 radical (unpaired) electrons. The van der Waals surface area contributed by atoms with Crippen LogP contribution in [0, 0.1) is 5.92 Å². The first-order valence-electron chi connectivity index (χ1n) is 7.33. The summed E-state index contributed by atoms with van der Waals surface area (Å²) in [5, 5.41) is 6.05. The summed E-state index contributed by atoms with van der Waals surface area (Å²) >= 11 is 0. The topological polar surface area (TPSA) is 70.7 Å². The normalized spacial score (nSPS) is 18.6. The molecule has 116 valence electrons. The Morgan fingerprint density at radius 3 is 2.90 bits per heavy atom. The summed E-state index contributed by atoms with van der Waals surface area (Å²) in [5.41, 5.74) is 0. The highest BCUT2D eigenvalue weighted by Crippen LogP contribution is 2.16. The smallest absolute Gasteiger partial charge is 0.239 e. The zero-order chi connectivity index (χ0) is 14.8. The molecule has 2 amide bonds. The molecule has 0 bridgehead atoms. The second-order valence-electron chi connectivity index (χ2n) is 5.34. The summed E-state index contributed by atoms with van der Waals surface area (Å²) in [4.78, 5) is 25.0. The van der Waals surface area contributed by atoms with Crippen molar-refractivity contribution in [3.8, 4) is 0 Å². The van der Waals surface area contributed by atoms with E-state index < -0.39 is 0 Å². The number of carbonyl (C=O) groups is 2. The van der Waals surface area contributed by atoms with Gasteiger partial charge in [-0.15, -0.1) is 0 Å². The van der Waals surface area contributed by atoms with E-state index >= 15 is 0 Å². The molecule has 1 aliphatic rings. The van der Waals surface area contributed by atoms with Gasteiger partial charge < -0.3 is 20.3 Å². The maximum atomic E-state index is 12.0. The molecular formula is C14H27N3O3. The largest absolute Gasteiger partial charge is 0.383 e. The second-order valence-corrected chi connectivity index (χ2v) is 5.34. The summed E-state index contributed by atoms with van der Waals surface area (Å²) in [6, 6.07) is 0. The molecule has 1 aliphatic heterocycles. The molecule has 0 aromatic carbocycles. The number of likely N-dealkylation sites (N-methyl/N-ethyl adjacent to an activating group) is 1. The van der Waals surface area contributed by atoms with Gasteiger partial charge >= 0.3 is 0 Å². The standard InChI is InChI=1S/C14H27N3O3/c1-17(11-13(18)16-8-9-20-2)14(19)6-5-12-4-3-7-15-10-12/h12,15H,3-11H2,1-2H3,(H,16,18). The van der Waals surface area contributed by atoms with E-state index in [1.807, 2.05) is 0 Å². The lowest BCUT2D eigenvalue weighted by Gasteiger charge is -2.23. The number of carbonyl (C=O) groups excluding carboxylic acids is 2. The van der Waals surface area contributed by atoms with Crippen molar-refractivity contribution in [3.63, 3.8) is 0 Å². The molecule has 0 aromatic rings. The number of piperidine rings is 1. The molecule has 0 saturated carbocycles. The Bertz CT molecular complexity index is 304. The molecule has 0 aliphatic carbocycles. The Morgan fingerprint density at radius 1 is 1.45 bits per heavy atom. The van der Waals surface area contributed by atoms with E-state index in [1.165, 1.54) is 17.7 Å². The molecule has 2 N–H and O–H groups in total. The first-order valence-corrected chi connectivity index (χ1v) is 7.33. The van der Waals surface area contributed by atoms with Gasteiger partial charge in [0, 0.05) is 27.1 Å². The number of nitrogens with one attached hydrogen (secondary N) is 2. The van der Waals surface area contributed by atoms with Crippen molar-refractivity contribution in [2.24, 2.45) is 5.92 Å². The molecular weight excluding hydrogens is 258 g/mol. The van der Waals surface area contributed by atoms with Gasteiger partial charge in [0.25, 0.3) is 0 Å². The van der Waals surface area contributed by atoms with E-state index in [-0.39, 0.29) is 18.4 Å². The van der Waals surface area contributed by atoms with Crippen LogP contribution in [0.2, 0.25) is 0 Å².